The molecule has 0 saturated heterocycles. The van der Waals surface area contributed by atoms with Crippen LogP contribution in [0.25, 0.3) is 0 Å². The van der Waals surface area contributed by atoms with Crippen LogP contribution in [0.5, 0.6) is 0 Å². The Bertz CT molecular complexity index is 374. The number of nitrogens with zero attached hydrogens (tertiary/aromatic N) is 1. The zero-order chi connectivity index (χ0) is 12.1. The average molecular weight is 297 g/mol. The van der Waals surface area contributed by atoms with E-state index in [4.69, 9.17) is 0 Å². The summed E-state index contributed by atoms with van der Waals surface area (Å²) in [4.78, 5) is 16.2. The molecule has 0 atom stereocenters. The van der Waals surface area contributed by atoms with E-state index in [-0.39, 0.29) is 11.4 Å². The number of aromatic nitrogens is 1. The smallest absolute Gasteiger partial charge is 0.270 e. The first-order valence-corrected chi connectivity index (χ1v) is 7.17. The zero-order valence-corrected chi connectivity index (χ0v) is 11.4. The molecule has 0 bridgehead atoms. The van der Waals surface area contributed by atoms with Gasteiger partial charge in [-0.1, -0.05) is 41.3 Å². The normalized spacial score (nSPS) is 18.6. The van der Waals surface area contributed by atoms with E-state index >= 15 is 0 Å². The van der Waals surface area contributed by atoms with Crippen molar-refractivity contribution >= 4 is 21.8 Å². The molecule has 1 N–H and O–H groups in total. The van der Waals surface area contributed by atoms with Gasteiger partial charge in [0.05, 0.1) is 5.54 Å². The predicted molar refractivity (Wildman–Crippen MR) is 71.3 cm³/mol. The number of hydrogen-bond acceptors (Lipinski definition) is 2. The van der Waals surface area contributed by atoms with Gasteiger partial charge in [0.25, 0.3) is 5.91 Å². The summed E-state index contributed by atoms with van der Waals surface area (Å²) in [5, 5.41) is 3.97. The van der Waals surface area contributed by atoms with E-state index in [0.29, 0.717) is 5.69 Å². The molecule has 1 aromatic heterocycles. The van der Waals surface area contributed by atoms with Crippen LogP contribution in [0.15, 0.2) is 24.4 Å². The van der Waals surface area contributed by atoms with Crippen molar-refractivity contribution < 1.29 is 4.79 Å². The minimum absolute atomic E-state index is 0.0630. The van der Waals surface area contributed by atoms with Crippen LogP contribution in [0.1, 0.15) is 42.6 Å². The topological polar surface area (TPSA) is 42.0 Å². The molecule has 1 aromatic rings. The molecule has 92 valence electrons. The highest BCUT2D eigenvalue weighted by atomic mass is 79.9. The molecule has 1 amide bonds. The number of alkyl halides is 1. The van der Waals surface area contributed by atoms with Crippen LogP contribution in [-0.2, 0) is 0 Å². The zero-order valence-electron chi connectivity index (χ0n) is 9.79. The lowest BCUT2D eigenvalue weighted by atomic mass is 9.83. The van der Waals surface area contributed by atoms with Crippen molar-refractivity contribution in [1.29, 1.82) is 0 Å². The second-order valence-electron chi connectivity index (χ2n) is 4.64. The number of carbonyl (C=O) groups excluding carboxylic acids is 1. The molecule has 1 heterocycles. The second-order valence-corrected chi connectivity index (χ2v) is 5.20. The van der Waals surface area contributed by atoms with Gasteiger partial charge in [-0.05, 0) is 25.0 Å². The molecule has 2 rings (SSSR count). The summed E-state index contributed by atoms with van der Waals surface area (Å²) in [6.45, 7) is 0. The third kappa shape index (κ3) is 3.06. The molecule has 0 spiro atoms. The molecular weight excluding hydrogens is 280 g/mol. The SMILES string of the molecule is O=C(NC1(CBr)CCCCC1)c1ccccn1. The average Bonchev–Trinajstić information content (AvgIpc) is 2.41. The third-order valence-electron chi connectivity index (χ3n) is 3.34. The van der Waals surface area contributed by atoms with Gasteiger partial charge < -0.3 is 5.32 Å². The highest BCUT2D eigenvalue weighted by Crippen LogP contribution is 2.29. The first-order chi connectivity index (χ1) is 8.26. The van der Waals surface area contributed by atoms with Crippen molar-refractivity contribution in [3.05, 3.63) is 30.1 Å². The largest absolute Gasteiger partial charge is 0.344 e. The predicted octanol–water partition coefficient (Wildman–Crippen LogP) is 2.91. The van der Waals surface area contributed by atoms with E-state index in [1.807, 2.05) is 12.1 Å². The summed E-state index contributed by atoms with van der Waals surface area (Å²) in [6.07, 6.45) is 7.40. The number of hydrogen-bond donors (Lipinski definition) is 1. The van der Waals surface area contributed by atoms with Crippen molar-refractivity contribution in [1.82, 2.24) is 10.3 Å². The van der Waals surface area contributed by atoms with Crippen molar-refractivity contribution in [2.24, 2.45) is 0 Å². The lowest BCUT2D eigenvalue weighted by Gasteiger charge is -2.36. The Hall–Kier alpha value is -0.900. The number of rotatable bonds is 3. The molecule has 3 nitrogen and oxygen atoms in total. The lowest BCUT2D eigenvalue weighted by Crippen LogP contribution is -2.51. The van der Waals surface area contributed by atoms with Gasteiger partial charge in [-0.15, -0.1) is 0 Å². The van der Waals surface area contributed by atoms with Crippen LogP contribution < -0.4 is 5.32 Å². The molecular formula is C13H17BrN2O. The molecule has 0 unspecified atom stereocenters. The van der Waals surface area contributed by atoms with E-state index in [1.165, 1.54) is 19.3 Å². The standard InChI is InChI=1S/C13H17BrN2O/c14-10-13(7-3-1-4-8-13)16-12(17)11-6-2-5-9-15-11/h2,5-6,9H,1,3-4,7-8,10H2,(H,16,17). The maximum Gasteiger partial charge on any atom is 0.270 e. The van der Waals surface area contributed by atoms with Crippen LogP contribution in [0.4, 0.5) is 0 Å². The summed E-state index contributed by atoms with van der Waals surface area (Å²) in [5.74, 6) is -0.0630. The van der Waals surface area contributed by atoms with Gasteiger partial charge in [-0.2, -0.15) is 0 Å². The Morgan fingerprint density at radius 3 is 2.71 bits per heavy atom. The molecule has 17 heavy (non-hydrogen) atoms. The highest BCUT2D eigenvalue weighted by molar-refractivity contribution is 9.09. The number of halogens is 1. The van der Waals surface area contributed by atoms with E-state index in [1.54, 1.807) is 12.3 Å². The highest BCUT2D eigenvalue weighted by Gasteiger charge is 2.32. The van der Waals surface area contributed by atoms with E-state index in [2.05, 4.69) is 26.2 Å². The third-order valence-corrected chi connectivity index (χ3v) is 4.42. The number of carbonyl (C=O) groups is 1. The summed E-state index contributed by atoms with van der Waals surface area (Å²) in [7, 11) is 0. The molecule has 4 heteroatoms. The number of pyridine rings is 1. The van der Waals surface area contributed by atoms with Gasteiger partial charge in [0.15, 0.2) is 0 Å². The van der Waals surface area contributed by atoms with E-state index in [9.17, 15) is 4.79 Å². The first-order valence-electron chi connectivity index (χ1n) is 6.05. The Labute approximate surface area is 110 Å². The van der Waals surface area contributed by atoms with Gasteiger partial charge in [0.2, 0.25) is 0 Å². The molecule has 1 fully saturated rings. The first kappa shape index (κ1) is 12.6. The van der Waals surface area contributed by atoms with Crippen LogP contribution in [0.2, 0.25) is 0 Å². The molecule has 0 radical (unpaired) electrons. The number of amides is 1. The van der Waals surface area contributed by atoms with E-state index < -0.39 is 0 Å². The number of nitrogens with one attached hydrogen (secondary N) is 1. The lowest BCUT2D eigenvalue weighted by molar-refractivity contribution is 0.0881. The summed E-state index contributed by atoms with van der Waals surface area (Å²) in [6, 6.07) is 5.40. The monoisotopic (exact) mass is 296 g/mol. The molecule has 0 aliphatic heterocycles. The van der Waals surface area contributed by atoms with Gasteiger partial charge in [0.1, 0.15) is 5.69 Å². The Morgan fingerprint density at radius 1 is 1.35 bits per heavy atom. The maximum absolute atomic E-state index is 12.1. The Kier molecular flexibility index (Phi) is 4.15. The van der Waals surface area contributed by atoms with Gasteiger partial charge >= 0.3 is 0 Å². The van der Waals surface area contributed by atoms with Crippen molar-refractivity contribution in [3.63, 3.8) is 0 Å². The van der Waals surface area contributed by atoms with Crippen LogP contribution in [0, 0.1) is 0 Å². The molecule has 1 saturated carbocycles. The fraction of sp³-hybridized carbons (Fsp3) is 0.538. The van der Waals surface area contributed by atoms with Crippen LogP contribution in [-0.4, -0.2) is 21.8 Å². The van der Waals surface area contributed by atoms with Gasteiger partial charge in [0, 0.05) is 11.5 Å². The van der Waals surface area contributed by atoms with Crippen molar-refractivity contribution in [2.75, 3.05) is 5.33 Å². The fourth-order valence-electron chi connectivity index (χ4n) is 2.32. The van der Waals surface area contributed by atoms with Crippen LogP contribution >= 0.6 is 15.9 Å². The minimum atomic E-state index is -0.0765. The molecule has 0 aromatic carbocycles. The van der Waals surface area contributed by atoms with Crippen LogP contribution in [0.3, 0.4) is 0 Å². The molecule has 1 aliphatic carbocycles. The van der Waals surface area contributed by atoms with Gasteiger partial charge in [-0.3, -0.25) is 9.78 Å². The summed E-state index contributed by atoms with van der Waals surface area (Å²) < 4.78 is 0. The minimum Gasteiger partial charge on any atom is -0.344 e. The molecule has 1 aliphatic rings. The summed E-state index contributed by atoms with van der Waals surface area (Å²) in [5.41, 5.74) is 0.422. The van der Waals surface area contributed by atoms with Crippen molar-refractivity contribution in [2.45, 2.75) is 37.6 Å². The quantitative estimate of drug-likeness (QED) is 0.872. The maximum atomic E-state index is 12.1. The second kappa shape index (κ2) is 5.63. The Balaban J connectivity index is 2.06. The van der Waals surface area contributed by atoms with E-state index in [0.717, 1.165) is 18.2 Å². The van der Waals surface area contributed by atoms with Gasteiger partial charge in [-0.25, -0.2) is 0 Å². The fourth-order valence-corrected chi connectivity index (χ4v) is 3.02. The summed E-state index contributed by atoms with van der Waals surface area (Å²) >= 11 is 3.53. The van der Waals surface area contributed by atoms with Crippen molar-refractivity contribution in [3.8, 4) is 0 Å². The Morgan fingerprint density at radius 2 is 2.12 bits per heavy atom.